The van der Waals surface area contributed by atoms with Gasteiger partial charge in [-0.1, -0.05) is 12.1 Å². The van der Waals surface area contributed by atoms with E-state index in [2.05, 4.69) is 28.1 Å². The summed E-state index contributed by atoms with van der Waals surface area (Å²) >= 11 is 0. The highest BCUT2D eigenvalue weighted by Gasteiger charge is 2.19. The van der Waals surface area contributed by atoms with Crippen LogP contribution in [0.3, 0.4) is 0 Å². The minimum absolute atomic E-state index is 0.480. The summed E-state index contributed by atoms with van der Waals surface area (Å²) in [6, 6.07) is 14.3. The van der Waals surface area contributed by atoms with E-state index in [-0.39, 0.29) is 0 Å². The number of piperidine rings is 1. The SMILES string of the molecule is COc1ccc(CCC2CCN(c3ccc(C#N)nc3)CC2)cc1. The molecule has 4 heteroatoms. The van der Waals surface area contributed by atoms with Crippen LogP contribution in [0.5, 0.6) is 5.75 Å². The second-order valence-corrected chi connectivity index (χ2v) is 6.33. The molecule has 0 N–H and O–H groups in total. The maximum Gasteiger partial charge on any atom is 0.140 e. The highest BCUT2D eigenvalue weighted by Crippen LogP contribution is 2.26. The van der Waals surface area contributed by atoms with Gasteiger partial charge < -0.3 is 9.64 Å². The number of methoxy groups -OCH3 is 1. The Morgan fingerprint density at radius 3 is 2.50 bits per heavy atom. The molecule has 1 fully saturated rings. The third kappa shape index (κ3) is 4.05. The summed E-state index contributed by atoms with van der Waals surface area (Å²) in [5, 5.41) is 8.82. The third-order valence-corrected chi connectivity index (χ3v) is 4.84. The zero-order valence-corrected chi connectivity index (χ0v) is 14.1. The first kappa shape index (κ1) is 16.3. The van der Waals surface area contributed by atoms with Gasteiger partial charge in [0.05, 0.1) is 19.0 Å². The number of nitrogens with zero attached hydrogens (tertiary/aromatic N) is 3. The van der Waals surface area contributed by atoms with Crippen molar-refractivity contribution in [3.63, 3.8) is 0 Å². The van der Waals surface area contributed by atoms with Crippen molar-refractivity contribution in [2.75, 3.05) is 25.1 Å². The topological polar surface area (TPSA) is 49.1 Å². The summed E-state index contributed by atoms with van der Waals surface area (Å²) in [6.45, 7) is 2.14. The first-order chi connectivity index (χ1) is 11.8. The van der Waals surface area contributed by atoms with E-state index < -0.39 is 0 Å². The van der Waals surface area contributed by atoms with Crippen LogP contribution in [0, 0.1) is 17.2 Å². The maximum absolute atomic E-state index is 8.82. The van der Waals surface area contributed by atoms with Crippen LogP contribution in [0.1, 0.15) is 30.5 Å². The molecule has 0 saturated carbocycles. The van der Waals surface area contributed by atoms with E-state index in [9.17, 15) is 0 Å². The van der Waals surface area contributed by atoms with Gasteiger partial charge in [0.1, 0.15) is 17.5 Å². The molecule has 2 aromatic rings. The predicted molar refractivity (Wildman–Crippen MR) is 95.2 cm³/mol. The maximum atomic E-state index is 8.82. The van der Waals surface area contributed by atoms with E-state index in [1.165, 1.54) is 24.8 Å². The van der Waals surface area contributed by atoms with Crippen LogP contribution in [-0.4, -0.2) is 25.2 Å². The van der Waals surface area contributed by atoms with Crippen molar-refractivity contribution < 1.29 is 4.74 Å². The molecule has 4 nitrogen and oxygen atoms in total. The van der Waals surface area contributed by atoms with E-state index >= 15 is 0 Å². The molecule has 0 unspecified atom stereocenters. The minimum Gasteiger partial charge on any atom is -0.497 e. The molecular weight excluding hydrogens is 298 g/mol. The van der Waals surface area contributed by atoms with Gasteiger partial charge in [0, 0.05) is 13.1 Å². The molecule has 0 aliphatic carbocycles. The third-order valence-electron chi connectivity index (χ3n) is 4.84. The molecule has 0 spiro atoms. The molecular formula is C20H23N3O. The number of nitriles is 1. The molecule has 0 amide bonds. The van der Waals surface area contributed by atoms with Gasteiger partial charge in [-0.3, -0.25) is 0 Å². The lowest BCUT2D eigenvalue weighted by Crippen LogP contribution is -2.33. The van der Waals surface area contributed by atoms with E-state index in [1.54, 1.807) is 13.2 Å². The Morgan fingerprint density at radius 2 is 1.92 bits per heavy atom. The summed E-state index contributed by atoms with van der Waals surface area (Å²) in [5.41, 5.74) is 2.99. The van der Waals surface area contributed by atoms with E-state index in [4.69, 9.17) is 10.00 Å². The monoisotopic (exact) mass is 321 g/mol. The van der Waals surface area contributed by atoms with Crippen LogP contribution in [0.25, 0.3) is 0 Å². The molecule has 1 aromatic heterocycles. The average Bonchev–Trinajstić information content (AvgIpc) is 2.67. The number of benzene rings is 1. The average molecular weight is 321 g/mol. The Balaban J connectivity index is 1.46. The first-order valence-corrected chi connectivity index (χ1v) is 8.52. The van der Waals surface area contributed by atoms with Crippen molar-refractivity contribution in [2.45, 2.75) is 25.7 Å². The molecule has 1 aliphatic rings. The van der Waals surface area contributed by atoms with Crippen molar-refractivity contribution in [3.8, 4) is 11.8 Å². The summed E-state index contributed by atoms with van der Waals surface area (Å²) < 4.78 is 5.20. The number of hydrogen-bond donors (Lipinski definition) is 0. The smallest absolute Gasteiger partial charge is 0.140 e. The highest BCUT2D eigenvalue weighted by molar-refractivity contribution is 5.46. The van der Waals surface area contributed by atoms with Crippen LogP contribution >= 0.6 is 0 Å². The molecule has 124 valence electrons. The van der Waals surface area contributed by atoms with Crippen LogP contribution in [-0.2, 0) is 6.42 Å². The molecule has 0 radical (unpaired) electrons. The number of rotatable bonds is 5. The standard InChI is InChI=1S/C20H23N3O/c1-24-20-8-4-16(5-9-20)2-3-17-10-12-23(13-11-17)19-7-6-18(14-21)22-15-19/h4-9,15,17H,2-3,10-13H2,1H3. The predicted octanol–water partition coefficient (Wildman–Crippen LogP) is 3.81. The summed E-state index contributed by atoms with van der Waals surface area (Å²) in [5.74, 6) is 1.71. The van der Waals surface area contributed by atoms with Gasteiger partial charge in [-0.15, -0.1) is 0 Å². The molecule has 0 atom stereocenters. The zero-order valence-electron chi connectivity index (χ0n) is 14.1. The number of aryl methyl sites for hydroxylation is 1. The van der Waals surface area contributed by atoms with Crippen LogP contribution in [0.4, 0.5) is 5.69 Å². The number of ether oxygens (including phenoxy) is 1. The molecule has 1 saturated heterocycles. The van der Waals surface area contributed by atoms with E-state index in [0.29, 0.717) is 5.69 Å². The molecule has 1 aromatic carbocycles. The van der Waals surface area contributed by atoms with Crippen LogP contribution in [0.15, 0.2) is 42.6 Å². The Labute approximate surface area is 143 Å². The van der Waals surface area contributed by atoms with Gasteiger partial charge in [0.2, 0.25) is 0 Å². The largest absolute Gasteiger partial charge is 0.497 e. The lowest BCUT2D eigenvalue weighted by Gasteiger charge is -2.33. The Bertz CT molecular complexity index is 680. The molecule has 0 bridgehead atoms. The lowest BCUT2D eigenvalue weighted by molar-refractivity contribution is 0.381. The normalized spacial score (nSPS) is 15.1. The van der Waals surface area contributed by atoms with E-state index in [0.717, 1.165) is 36.9 Å². The summed E-state index contributed by atoms with van der Waals surface area (Å²) in [6.07, 6.45) is 6.63. The molecule has 2 heterocycles. The van der Waals surface area contributed by atoms with Crippen LogP contribution < -0.4 is 9.64 Å². The molecule has 24 heavy (non-hydrogen) atoms. The van der Waals surface area contributed by atoms with Crippen molar-refractivity contribution in [2.24, 2.45) is 5.92 Å². The Kier molecular flexibility index (Phi) is 5.32. The van der Waals surface area contributed by atoms with Crippen molar-refractivity contribution in [1.82, 2.24) is 4.98 Å². The zero-order chi connectivity index (χ0) is 16.8. The molecule has 3 rings (SSSR count). The number of aromatic nitrogens is 1. The fraction of sp³-hybridized carbons (Fsp3) is 0.400. The van der Waals surface area contributed by atoms with Gasteiger partial charge in [0.25, 0.3) is 0 Å². The number of pyridine rings is 1. The minimum atomic E-state index is 0.480. The highest BCUT2D eigenvalue weighted by atomic mass is 16.5. The van der Waals surface area contributed by atoms with Crippen molar-refractivity contribution >= 4 is 5.69 Å². The lowest BCUT2D eigenvalue weighted by atomic mass is 9.90. The van der Waals surface area contributed by atoms with Crippen LogP contribution in [0.2, 0.25) is 0 Å². The second kappa shape index (κ2) is 7.83. The Morgan fingerprint density at radius 1 is 1.17 bits per heavy atom. The quantitative estimate of drug-likeness (QED) is 0.840. The Hall–Kier alpha value is -2.54. The first-order valence-electron chi connectivity index (χ1n) is 8.52. The second-order valence-electron chi connectivity index (χ2n) is 6.33. The van der Waals surface area contributed by atoms with Gasteiger partial charge in [0.15, 0.2) is 0 Å². The summed E-state index contributed by atoms with van der Waals surface area (Å²) in [4.78, 5) is 6.54. The molecule has 1 aliphatic heterocycles. The van der Waals surface area contributed by atoms with Gasteiger partial charge in [-0.05, 0) is 61.4 Å². The summed E-state index contributed by atoms with van der Waals surface area (Å²) in [7, 11) is 1.70. The number of hydrogen-bond acceptors (Lipinski definition) is 4. The van der Waals surface area contributed by atoms with E-state index in [1.807, 2.05) is 24.4 Å². The van der Waals surface area contributed by atoms with Crippen molar-refractivity contribution in [1.29, 1.82) is 5.26 Å². The fourth-order valence-electron chi connectivity index (χ4n) is 3.28. The van der Waals surface area contributed by atoms with Crippen molar-refractivity contribution in [3.05, 3.63) is 53.9 Å². The number of anilines is 1. The van der Waals surface area contributed by atoms with Gasteiger partial charge >= 0.3 is 0 Å². The fourth-order valence-corrected chi connectivity index (χ4v) is 3.28. The van der Waals surface area contributed by atoms with Gasteiger partial charge in [-0.25, -0.2) is 4.98 Å². The van der Waals surface area contributed by atoms with Gasteiger partial charge in [-0.2, -0.15) is 5.26 Å².